The van der Waals surface area contributed by atoms with E-state index in [1.165, 1.54) is 12.1 Å². The smallest absolute Gasteiger partial charge is 0.335 e. The number of aromatic carboxylic acids is 1. The highest BCUT2D eigenvalue weighted by molar-refractivity contribution is 5.90. The Bertz CT molecular complexity index is 291. The lowest BCUT2D eigenvalue weighted by Crippen LogP contribution is -2.03. The minimum Gasteiger partial charge on any atom is -0.872 e. The van der Waals surface area contributed by atoms with Gasteiger partial charge in [0.15, 0.2) is 0 Å². The Balaban J connectivity index is 3.20. The summed E-state index contributed by atoms with van der Waals surface area (Å²) in [5, 5.41) is 19.4. The molecule has 0 fully saturated rings. The molecule has 1 aromatic carbocycles. The van der Waals surface area contributed by atoms with Gasteiger partial charge in [0, 0.05) is 0 Å². The molecule has 0 aliphatic heterocycles. The van der Waals surface area contributed by atoms with Crippen LogP contribution in [0.3, 0.4) is 0 Å². The molecular formula is C8H7O3-. The van der Waals surface area contributed by atoms with Crippen LogP contribution < -0.4 is 5.11 Å². The molecule has 0 heterocycles. The molecule has 3 heteroatoms. The number of rotatable bonds is 1. The third kappa shape index (κ3) is 1.49. The van der Waals surface area contributed by atoms with Gasteiger partial charge in [-0.3, -0.25) is 0 Å². The van der Waals surface area contributed by atoms with Crippen molar-refractivity contribution in [2.45, 2.75) is 6.92 Å². The third-order valence-electron chi connectivity index (χ3n) is 1.37. The quantitative estimate of drug-likeness (QED) is 0.644. The predicted molar refractivity (Wildman–Crippen MR) is 37.6 cm³/mol. The summed E-state index contributed by atoms with van der Waals surface area (Å²) in [7, 11) is 0. The number of benzene rings is 1. The van der Waals surface area contributed by atoms with Crippen LogP contribution in [0.2, 0.25) is 0 Å². The van der Waals surface area contributed by atoms with Crippen molar-refractivity contribution in [2.24, 2.45) is 0 Å². The van der Waals surface area contributed by atoms with Gasteiger partial charge >= 0.3 is 5.97 Å². The molecule has 11 heavy (non-hydrogen) atoms. The zero-order valence-corrected chi connectivity index (χ0v) is 6.00. The Morgan fingerprint density at radius 3 is 2.64 bits per heavy atom. The van der Waals surface area contributed by atoms with E-state index in [-0.39, 0.29) is 5.56 Å². The molecule has 0 radical (unpaired) electrons. The molecule has 0 atom stereocenters. The monoisotopic (exact) mass is 151 g/mol. The standard InChI is InChI=1S/C8H8O3/c1-5-2-3-6(8(10)11)7(9)4-5/h2-4,9H,1H3,(H,10,11)/p-1. The second-order valence-electron chi connectivity index (χ2n) is 2.30. The first-order chi connectivity index (χ1) is 5.11. The molecule has 1 aromatic rings. The summed E-state index contributed by atoms with van der Waals surface area (Å²) in [6.45, 7) is 1.74. The van der Waals surface area contributed by atoms with Crippen LogP contribution in [0.5, 0.6) is 5.75 Å². The number of aryl methyl sites for hydroxylation is 1. The van der Waals surface area contributed by atoms with Gasteiger partial charge < -0.3 is 10.2 Å². The highest BCUT2D eigenvalue weighted by Gasteiger charge is 2.01. The molecular weight excluding hydrogens is 144 g/mol. The first-order valence-corrected chi connectivity index (χ1v) is 3.12. The zero-order valence-electron chi connectivity index (χ0n) is 6.00. The summed E-state index contributed by atoms with van der Waals surface area (Å²) < 4.78 is 0. The highest BCUT2D eigenvalue weighted by atomic mass is 16.4. The van der Waals surface area contributed by atoms with Crippen LogP contribution >= 0.6 is 0 Å². The second kappa shape index (κ2) is 2.62. The molecule has 3 nitrogen and oxygen atoms in total. The molecule has 0 aliphatic carbocycles. The topological polar surface area (TPSA) is 60.4 Å². The van der Waals surface area contributed by atoms with Gasteiger partial charge in [-0.2, -0.15) is 0 Å². The summed E-state index contributed by atoms with van der Waals surface area (Å²) in [6.07, 6.45) is 0. The number of carboxylic acid groups (broad SMARTS) is 1. The maximum Gasteiger partial charge on any atom is 0.335 e. The van der Waals surface area contributed by atoms with Crippen LogP contribution in [-0.4, -0.2) is 11.1 Å². The van der Waals surface area contributed by atoms with Gasteiger partial charge in [0.1, 0.15) is 0 Å². The Morgan fingerprint density at radius 2 is 2.18 bits per heavy atom. The number of hydrogen-bond acceptors (Lipinski definition) is 2. The minimum atomic E-state index is -1.17. The lowest BCUT2D eigenvalue weighted by atomic mass is 10.1. The Hall–Kier alpha value is -1.51. The van der Waals surface area contributed by atoms with E-state index < -0.39 is 11.7 Å². The van der Waals surface area contributed by atoms with Crippen molar-refractivity contribution in [2.75, 3.05) is 0 Å². The fourth-order valence-corrected chi connectivity index (χ4v) is 0.806. The summed E-state index contributed by atoms with van der Waals surface area (Å²) in [5.41, 5.74) is 0.607. The summed E-state index contributed by atoms with van der Waals surface area (Å²) in [4.78, 5) is 10.3. The molecule has 0 aromatic heterocycles. The molecule has 0 amide bonds. The number of hydrogen-bond donors (Lipinski definition) is 1. The van der Waals surface area contributed by atoms with Crippen LogP contribution in [0.25, 0.3) is 0 Å². The predicted octanol–water partition coefficient (Wildman–Crippen LogP) is 0.767. The number of carbonyl (C=O) groups is 1. The minimum absolute atomic E-state index is 0.171. The van der Waals surface area contributed by atoms with Crippen LogP contribution in [0, 0.1) is 6.92 Å². The van der Waals surface area contributed by atoms with Gasteiger partial charge in [-0.25, -0.2) is 4.79 Å². The SMILES string of the molecule is Cc1ccc(C(=O)O)c([O-])c1. The van der Waals surface area contributed by atoms with E-state index in [1.807, 2.05) is 0 Å². The average molecular weight is 151 g/mol. The van der Waals surface area contributed by atoms with Crippen molar-refractivity contribution in [3.63, 3.8) is 0 Å². The van der Waals surface area contributed by atoms with Crippen molar-refractivity contribution in [1.29, 1.82) is 0 Å². The molecule has 0 unspecified atom stereocenters. The summed E-state index contributed by atoms with van der Waals surface area (Å²) in [6, 6.07) is 4.23. The van der Waals surface area contributed by atoms with E-state index in [0.717, 1.165) is 5.56 Å². The first-order valence-electron chi connectivity index (χ1n) is 3.12. The molecule has 1 N–H and O–H groups in total. The molecule has 0 bridgehead atoms. The molecule has 58 valence electrons. The van der Waals surface area contributed by atoms with Crippen LogP contribution in [-0.2, 0) is 0 Å². The average Bonchev–Trinajstić information content (AvgIpc) is 1.85. The fourth-order valence-electron chi connectivity index (χ4n) is 0.806. The van der Waals surface area contributed by atoms with E-state index in [2.05, 4.69) is 0 Å². The van der Waals surface area contributed by atoms with Gasteiger partial charge in [0.25, 0.3) is 0 Å². The van der Waals surface area contributed by atoms with Gasteiger partial charge in [-0.1, -0.05) is 23.4 Å². The van der Waals surface area contributed by atoms with Gasteiger partial charge in [-0.05, 0) is 13.0 Å². The van der Waals surface area contributed by atoms with E-state index in [0.29, 0.717) is 0 Å². The Kier molecular flexibility index (Phi) is 1.81. The second-order valence-corrected chi connectivity index (χ2v) is 2.30. The van der Waals surface area contributed by atoms with Crippen molar-refractivity contribution in [3.8, 4) is 5.75 Å². The first kappa shape index (κ1) is 7.60. The Morgan fingerprint density at radius 1 is 1.55 bits per heavy atom. The summed E-state index contributed by atoms with van der Waals surface area (Å²) in [5.74, 6) is -1.60. The van der Waals surface area contributed by atoms with Crippen LogP contribution in [0.15, 0.2) is 18.2 Å². The van der Waals surface area contributed by atoms with Crippen LogP contribution in [0.1, 0.15) is 15.9 Å². The zero-order chi connectivity index (χ0) is 8.43. The Labute approximate surface area is 63.9 Å². The third-order valence-corrected chi connectivity index (χ3v) is 1.37. The maximum absolute atomic E-state index is 10.9. The molecule has 0 saturated heterocycles. The lowest BCUT2D eigenvalue weighted by Gasteiger charge is -2.09. The highest BCUT2D eigenvalue weighted by Crippen LogP contribution is 2.14. The molecule has 0 spiro atoms. The van der Waals surface area contributed by atoms with Crippen LogP contribution in [0.4, 0.5) is 0 Å². The van der Waals surface area contributed by atoms with Crippen molar-refractivity contribution < 1.29 is 15.0 Å². The van der Waals surface area contributed by atoms with E-state index in [1.54, 1.807) is 13.0 Å². The lowest BCUT2D eigenvalue weighted by molar-refractivity contribution is -0.268. The van der Waals surface area contributed by atoms with Gasteiger partial charge in [0.2, 0.25) is 0 Å². The number of carboxylic acids is 1. The molecule has 0 saturated carbocycles. The molecule has 1 rings (SSSR count). The van der Waals surface area contributed by atoms with E-state index in [4.69, 9.17) is 5.11 Å². The summed E-state index contributed by atoms with van der Waals surface area (Å²) >= 11 is 0. The van der Waals surface area contributed by atoms with Crippen molar-refractivity contribution >= 4 is 5.97 Å². The normalized spacial score (nSPS) is 9.55. The van der Waals surface area contributed by atoms with Gasteiger partial charge in [0.05, 0.1) is 5.56 Å². The maximum atomic E-state index is 10.9. The van der Waals surface area contributed by atoms with E-state index in [9.17, 15) is 9.90 Å². The molecule has 0 aliphatic rings. The van der Waals surface area contributed by atoms with Gasteiger partial charge in [-0.15, -0.1) is 0 Å². The van der Waals surface area contributed by atoms with Crippen molar-refractivity contribution in [1.82, 2.24) is 0 Å². The largest absolute Gasteiger partial charge is 0.872 e. The van der Waals surface area contributed by atoms with E-state index >= 15 is 0 Å². The van der Waals surface area contributed by atoms with Crippen molar-refractivity contribution in [3.05, 3.63) is 29.3 Å². The fraction of sp³-hybridized carbons (Fsp3) is 0.125.